The Kier molecular flexibility index (Phi) is 5.87. The summed E-state index contributed by atoms with van der Waals surface area (Å²) in [7, 11) is 0. The van der Waals surface area contributed by atoms with Gasteiger partial charge in [-0.2, -0.15) is 0 Å². The quantitative estimate of drug-likeness (QED) is 0.728. The minimum atomic E-state index is -0.165. The number of urea groups is 1. The fourth-order valence-electron chi connectivity index (χ4n) is 1.81. The topological polar surface area (TPSA) is 70.6 Å². The first kappa shape index (κ1) is 14.9. The monoisotopic (exact) mass is 294 g/mol. The highest BCUT2D eigenvalue weighted by atomic mass is 32.1. The molecule has 1 unspecified atom stereocenters. The lowest BCUT2D eigenvalue weighted by molar-refractivity contribution is 0.188. The number of aliphatic hydroxyl groups is 1. The Labute approximate surface area is 122 Å². The van der Waals surface area contributed by atoms with Crippen LogP contribution in [0.15, 0.2) is 11.4 Å². The fourth-order valence-corrected chi connectivity index (χ4v) is 2.57. The van der Waals surface area contributed by atoms with E-state index >= 15 is 0 Å². The summed E-state index contributed by atoms with van der Waals surface area (Å²) in [5.74, 6) is 5.84. The molecule has 0 aromatic carbocycles. The normalized spacial score (nSPS) is 17.4. The second kappa shape index (κ2) is 7.90. The molecule has 5 nitrogen and oxygen atoms in total. The average molecular weight is 294 g/mol. The predicted octanol–water partition coefficient (Wildman–Crippen LogP) is 1.07. The third-order valence-electron chi connectivity index (χ3n) is 2.81. The van der Waals surface area contributed by atoms with Crippen LogP contribution in [0, 0.1) is 11.8 Å². The maximum absolute atomic E-state index is 11.7. The van der Waals surface area contributed by atoms with Crippen LogP contribution in [0.2, 0.25) is 0 Å². The molecule has 0 bridgehead atoms. The van der Waals surface area contributed by atoms with Gasteiger partial charge in [0.1, 0.15) is 0 Å². The molecule has 3 N–H and O–H groups in total. The van der Waals surface area contributed by atoms with Crippen molar-refractivity contribution < 1.29 is 14.6 Å². The van der Waals surface area contributed by atoms with Crippen LogP contribution in [0.3, 0.4) is 0 Å². The van der Waals surface area contributed by atoms with Crippen molar-refractivity contribution in [1.29, 1.82) is 0 Å². The summed E-state index contributed by atoms with van der Waals surface area (Å²) >= 11 is 1.56. The van der Waals surface area contributed by atoms with Crippen molar-refractivity contribution in [2.24, 2.45) is 0 Å². The van der Waals surface area contributed by atoms with Crippen molar-refractivity contribution in [2.45, 2.75) is 25.4 Å². The van der Waals surface area contributed by atoms with Crippen LogP contribution < -0.4 is 10.6 Å². The molecular weight excluding hydrogens is 276 g/mol. The first-order valence-electron chi connectivity index (χ1n) is 6.57. The van der Waals surface area contributed by atoms with Crippen LogP contribution in [0.25, 0.3) is 0 Å². The summed E-state index contributed by atoms with van der Waals surface area (Å²) in [5, 5.41) is 16.3. The van der Waals surface area contributed by atoms with Gasteiger partial charge in [-0.05, 0) is 12.5 Å². The third-order valence-corrected chi connectivity index (χ3v) is 3.75. The van der Waals surface area contributed by atoms with Crippen molar-refractivity contribution in [3.05, 3.63) is 21.9 Å². The number of rotatable bonds is 4. The van der Waals surface area contributed by atoms with Crippen LogP contribution >= 0.6 is 11.3 Å². The predicted molar refractivity (Wildman–Crippen MR) is 77.5 cm³/mol. The van der Waals surface area contributed by atoms with E-state index in [0.29, 0.717) is 26.2 Å². The summed E-state index contributed by atoms with van der Waals surface area (Å²) in [6.07, 6.45) is 1.35. The first-order chi connectivity index (χ1) is 9.78. The maximum Gasteiger partial charge on any atom is 0.315 e. The molecule has 108 valence electrons. The van der Waals surface area contributed by atoms with E-state index in [1.807, 2.05) is 11.4 Å². The number of hydrogen-bond acceptors (Lipinski definition) is 4. The van der Waals surface area contributed by atoms with Crippen LogP contribution in [0.5, 0.6) is 0 Å². The summed E-state index contributed by atoms with van der Waals surface area (Å²) in [4.78, 5) is 12.7. The van der Waals surface area contributed by atoms with E-state index in [-0.39, 0.29) is 18.7 Å². The first-order valence-corrected chi connectivity index (χ1v) is 7.45. The van der Waals surface area contributed by atoms with E-state index in [4.69, 9.17) is 9.84 Å². The Morgan fingerprint density at radius 2 is 2.50 bits per heavy atom. The Hall–Kier alpha value is -1.55. The molecule has 1 aromatic rings. The third kappa shape index (κ3) is 4.85. The Morgan fingerprint density at radius 1 is 1.60 bits per heavy atom. The Balaban J connectivity index is 1.73. The molecular formula is C14H18N2O3S. The Morgan fingerprint density at radius 3 is 3.25 bits per heavy atom. The molecule has 2 rings (SSSR count). The van der Waals surface area contributed by atoms with Gasteiger partial charge in [0, 0.05) is 28.8 Å². The zero-order valence-corrected chi connectivity index (χ0v) is 12.0. The molecule has 1 atom stereocenters. The summed E-state index contributed by atoms with van der Waals surface area (Å²) in [6, 6.07) is 1.91. The Bertz CT molecular complexity index is 498. The number of nitrogens with one attached hydrogen (secondary N) is 2. The minimum Gasteiger partial charge on any atom is -0.395 e. The van der Waals surface area contributed by atoms with Gasteiger partial charge in [0.25, 0.3) is 0 Å². The SMILES string of the molecule is O=C(NCc1cc(C#CCCO)cs1)NC1CCOC1. The van der Waals surface area contributed by atoms with Crippen molar-refractivity contribution in [3.63, 3.8) is 0 Å². The van der Waals surface area contributed by atoms with E-state index < -0.39 is 0 Å². The summed E-state index contributed by atoms with van der Waals surface area (Å²) < 4.78 is 5.20. The lowest BCUT2D eigenvalue weighted by Gasteiger charge is -2.11. The zero-order chi connectivity index (χ0) is 14.2. The average Bonchev–Trinajstić information content (AvgIpc) is 3.08. The van der Waals surface area contributed by atoms with Gasteiger partial charge in [0.05, 0.1) is 25.8 Å². The highest BCUT2D eigenvalue weighted by molar-refractivity contribution is 7.10. The number of thiophene rings is 1. The zero-order valence-electron chi connectivity index (χ0n) is 11.1. The molecule has 1 aliphatic heterocycles. The van der Waals surface area contributed by atoms with E-state index in [9.17, 15) is 4.79 Å². The maximum atomic E-state index is 11.7. The standard InChI is InChI=1S/C14H18N2O3S/c17-5-2-1-3-11-7-13(20-10-11)8-15-14(18)16-12-4-6-19-9-12/h7,10,12,17H,2,4-6,8-9H2,(H2,15,16,18). The lowest BCUT2D eigenvalue weighted by atomic mass is 10.3. The number of hydrogen-bond donors (Lipinski definition) is 3. The van der Waals surface area contributed by atoms with Crippen molar-refractivity contribution in [3.8, 4) is 11.8 Å². The van der Waals surface area contributed by atoms with Gasteiger partial charge in [-0.1, -0.05) is 11.8 Å². The highest BCUT2D eigenvalue weighted by Crippen LogP contribution is 2.13. The fraction of sp³-hybridized carbons (Fsp3) is 0.500. The summed E-state index contributed by atoms with van der Waals surface area (Å²) in [6.45, 7) is 1.88. The van der Waals surface area contributed by atoms with Gasteiger partial charge in [0.15, 0.2) is 0 Å². The van der Waals surface area contributed by atoms with Gasteiger partial charge in [-0.3, -0.25) is 0 Å². The van der Waals surface area contributed by atoms with E-state index in [2.05, 4.69) is 22.5 Å². The van der Waals surface area contributed by atoms with Crippen molar-refractivity contribution in [2.75, 3.05) is 19.8 Å². The number of aliphatic hydroxyl groups excluding tert-OH is 1. The van der Waals surface area contributed by atoms with Crippen molar-refractivity contribution in [1.82, 2.24) is 10.6 Å². The van der Waals surface area contributed by atoms with Gasteiger partial charge in [-0.15, -0.1) is 11.3 Å². The molecule has 1 aromatic heterocycles. The number of amides is 2. The van der Waals surface area contributed by atoms with Crippen LogP contribution in [-0.4, -0.2) is 37.0 Å². The van der Waals surface area contributed by atoms with Crippen molar-refractivity contribution >= 4 is 17.4 Å². The number of carbonyl (C=O) groups is 1. The summed E-state index contributed by atoms with van der Waals surface area (Å²) in [5.41, 5.74) is 0.921. The smallest absolute Gasteiger partial charge is 0.315 e. The second-order valence-electron chi connectivity index (χ2n) is 4.46. The molecule has 1 fully saturated rings. The van der Waals surface area contributed by atoms with Crippen LogP contribution in [0.1, 0.15) is 23.3 Å². The largest absolute Gasteiger partial charge is 0.395 e. The molecule has 0 spiro atoms. The van der Waals surface area contributed by atoms with Crippen LogP contribution in [-0.2, 0) is 11.3 Å². The van der Waals surface area contributed by atoms with Gasteiger partial charge < -0.3 is 20.5 Å². The molecule has 0 saturated carbocycles. The molecule has 0 aliphatic carbocycles. The van der Waals surface area contributed by atoms with E-state index in [0.717, 1.165) is 16.9 Å². The second-order valence-corrected chi connectivity index (χ2v) is 5.46. The molecule has 20 heavy (non-hydrogen) atoms. The van der Waals surface area contributed by atoms with E-state index in [1.165, 1.54) is 0 Å². The molecule has 1 aliphatic rings. The van der Waals surface area contributed by atoms with E-state index in [1.54, 1.807) is 11.3 Å². The number of carbonyl (C=O) groups excluding carboxylic acids is 1. The minimum absolute atomic E-state index is 0.0800. The van der Waals surface area contributed by atoms with Gasteiger partial charge >= 0.3 is 6.03 Å². The molecule has 2 heterocycles. The highest BCUT2D eigenvalue weighted by Gasteiger charge is 2.17. The number of ether oxygens (including phenoxy) is 1. The molecule has 1 saturated heterocycles. The van der Waals surface area contributed by atoms with Gasteiger partial charge in [0.2, 0.25) is 0 Å². The lowest BCUT2D eigenvalue weighted by Crippen LogP contribution is -2.41. The molecule has 0 radical (unpaired) electrons. The van der Waals surface area contributed by atoms with Crippen LogP contribution in [0.4, 0.5) is 4.79 Å². The molecule has 6 heteroatoms. The van der Waals surface area contributed by atoms with Gasteiger partial charge in [-0.25, -0.2) is 4.79 Å². The molecule has 2 amide bonds.